The summed E-state index contributed by atoms with van der Waals surface area (Å²) in [6.07, 6.45) is 3.30. The maximum absolute atomic E-state index is 12.2. The zero-order valence-electron chi connectivity index (χ0n) is 11.8. The van der Waals surface area contributed by atoms with Crippen LogP contribution in [0.3, 0.4) is 0 Å². The largest absolute Gasteiger partial charge is 0.349 e. The summed E-state index contributed by atoms with van der Waals surface area (Å²) in [4.78, 5) is 24.6. The van der Waals surface area contributed by atoms with Crippen LogP contribution in [0, 0.1) is 17.0 Å². The number of thiocarbonyl (C=S) groups is 1. The Morgan fingerprint density at radius 2 is 2.00 bits per heavy atom. The molecule has 0 aliphatic carbocycles. The van der Waals surface area contributed by atoms with Crippen LogP contribution in [-0.2, 0) is 0 Å². The molecule has 21 heavy (non-hydrogen) atoms. The highest BCUT2D eigenvalue weighted by Crippen LogP contribution is 2.21. The fourth-order valence-corrected chi connectivity index (χ4v) is 2.68. The maximum Gasteiger partial charge on any atom is 0.273 e. The Labute approximate surface area is 128 Å². The van der Waals surface area contributed by atoms with Crippen LogP contribution in [0.1, 0.15) is 35.2 Å². The molecule has 1 aromatic rings. The lowest BCUT2D eigenvalue weighted by Gasteiger charge is -2.28. The topological polar surface area (TPSA) is 75.5 Å². The molecule has 1 N–H and O–H groups in total. The van der Waals surface area contributed by atoms with Crippen molar-refractivity contribution in [3.63, 3.8) is 0 Å². The van der Waals surface area contributed by atoms with E-state index in [2.05, 4.69) is 5.32 Å². The molecule has 1 aromatic carbocycles. The highest BCUT2D eigenvalue weighted by molar-refractivity contribution is 7.80. The number of nitrogens with zero attached hydrogens (tertiary/aromatic N) is 2. The summed E-state index contributed by atoms with van der Waals surface area (Å²) in [5, 5.41) is 14.0. The summed E-state index contributed by atoms with van der Waals surface area (Å²) < 4.78 is 0. The van der Waals surface area contributed by atoms with E-state index in [-0.39, 0.29) is 11.3 Å². The van der Waals surface area contributed by atoms with Crippen molar-refractivity contribution in [3.05, 3.63) is 39.4 Å². The van der Waals surface area contributed by atoms with Gasteiger partial charge in [-0.15, -0.1) is 0 Å². The van der Waals surface area contributed by atoms with E-state index < -0.39 is 10.8 Å². The van der Waals surface area contributed by atoms with E-state index in [0.717, 1.165) is 25.9 Å². The number of rotatable bonds is 2. The lowest BCUT2D eigenvalue weighted by Crippen LogP contribution is -2.45. The summed E-state index contributed by atoms with van der Waals surface area (Å²) in [7, 11) is 0. The second-order valence-corrected chi connectivity index (χ2v) is 5.40. The first-order valence-electron chi connectivity index (χ1n) is 6.85. The smallest absolute Gasteiger partial charge is 0.273 e. The van der Waals surface area contributed by atoms with Gasteiger partial charge in [-0.2, -0.15) is 0 Å². The molecule has 0 bridgehead atoms. The molecule has 1 fully saturated rings. The molecule has 112 valence electrons. The third-order valence-electron chi connectivity index (χ3n) is 3.61. The maximum atomic E-state index is 12.2. The summed E-state index contributed by atoms with van der Waals surface area (Å²) in [5.41, 5.74) is 0.566. The number of likely N-dealkylation sites (tertiary alicyclic amines) is 1. The van der Waals surface area contributed by atoms with Crippen LogP contribution in [0.25, 0.3) is 0 Å². The van der Waals surface area contributed by atoms with E-state index in [4.69, 9.17) is 12.2 Å². The van der Waals surface area contributed by atoms with E-state index in [0.29, 0.717) is 10.7 Å². The van der Waals surface area contributed by atoms with E-state index in [1.165, 1.54) is 18.6 Å². The molecule has 0 atom stereocenters. The van der Waals surface area contributed by atoms with Crippen LogP contribution in [0.15, 0.2) is 18.2 Å². The van der Waals surface area contributed by atoms with Crippen molar-refractivity contribution in [1.29, 1.82) is 0 Å². The molecule has 1 saturated heterocycles. The van der Waals surface area contributed by atoms with Crippen LogP contribution in [0.2, 0.25) is 0 Å². The van der Waals surface area contributed by atoms with Crippen LogP contribution in [-0.4, -0.2) is 33.9 Å². The molecule has 0 aromatic heterocycles. The fourth-order valence-electron chi connectivity index (χ4n) is 2.41. The second-order valence-electron chi connectivity index (χ2n) is 5.01. The highest BCUT2D eigenvalue weighted by atomic mass is 32.1. The van der Waals surface area contributed by atoms with Crippen molar-refractivity contribution in [3.8, 4) is 0 Å². The summed E-state index contributed by atoms with van der Waals surface area (Å²) >= 11 is 5.24. The van der Waals surface area contributed by atoms with Gasteiger partial charge in [0.1, 0.15) is 0 Å². The number of amides is 1. The average Bonchev–Trinajstić information content (AvgIpc) is 2.47. The minimum atomic E-state index is -0.491. The van der Waals surface area contributed by atoms with E-state index in [1.807, 2.05) is 4.90 Å². The predicted octanol–water partition coefficient (Wildman–Crippen LogP) is 2.40. The fraction of sp³-hybridized carbons (Fsp3) is 0.429. The quantitative estimate of drug-likeness (QED) is 0.516. The molecule has 1 aliphatic rings. The number of carbonyl (C=O) groups is 1. The molecule has 0 saturated carbocycles. The SMILES string of the molecule is Cc1c(C(=O)NC(=S)N2CCCCC2)cccc1[N+](=O)[O-]. The van der Waals surface area contributed by atoms with E-state index >= 15 is 0 Å². The Balaban J connectivity index is 2.11. The van der Waals surface area contributed by atoms with Crippen molar-refractivity contribution in [1.82, 2.24) is 10.2 Å². The van der Waals surface area contributed by atoms with Gasteiger partial charge in [-0.05, 0) is 44.5 Å². The van der Waals surface area contributed by atoms with Crippen LogP contribution in [0.4, 0.5) is 5.69 Å². The average molecular weight is 307 g/mol. The first kappa shape index (κ1) is 15.4. The van der Waals surface area contributed by atoms with Gasteiger partial charge in [0.05, 0.1) is 4.92 Å². The van der Waals surface area contributed by atoms with Gasteiger partial charge in [0, 0.05) is 30.3 Å². The Kier molecular flexibility index (Phi) is 4.85. The van der Waals surface area contributed by atoms with Crippen molar-refractivity contribution in [2.75, 3.05) is 13.1 Å². The monoisotopic (exact) mass is 307 g/mol. The molecule has 1 amide bonds. The number of benzene rings is 1. The molecule has 6 nitrogen and oxygen atoms in total. The van der Waals surface area contributed by atoms with Crippen LogP contribution >= 0.6 is 12.2 Å². The van der Waals surface area contributed by atoms with E-state index in [9.17, 15) is 14.9 Å². The lowest BCUT2D eigenvalue weighted by molar-refractivity contribution is -0.385. The van der Waals surface area contributed by atoms with Gasteiger partial charge < -0.3 is 4.90 Å². The Bertz CT molecular complexity index is 583. The standard InChI is InChI=1S/C14H17N3O3S/c1-10-11(6-5-7-12(10)17(19)20)13(18)15-14(21)16-8-3-2-4-9-16/h5-7H,2-4,8-9H2,1H3,(H,15,18,21). The van der Waals surface area contributed by atoms with Gasteiger partial charge in [0.15, 0.2) is 5.11 Å². The zero-order valence-corrected chi connectivity index (χ0v) is 12.6. The number of carbonyl (C=O) groups excluding carboxylic acids is 1. The van der Waals surface area contributed by atoms with Crippen molar-refractivity contribution in [2.45, 2.75) is 26.2 Å². The molecule has 0 spiro atoms. The first-order chi connectivity index (χ1) is 10.0. The molecule has 0 unspecified atom stereocenters. The number of nitrogens with one attached hydrogen (secondary N) is 1. The predicted molar refractivity (Wildman–Crippen MR) is 83.3 cm³/mol. The van der Waals surface area contributed by atoms with Gasteiger partial charge in [-0.1, -0.05) is 6.07 Å². The number of nitro benzene ring substituents is 1. The minimum Gasteiger partial charge on any atom is -0.349 e. The van der Waals surface area contributed by atoms with E-state index in [1.54, 1.807) is 13.0 Å². The summed E-state index contributed by atoms with van der Waals surface area (Å²) in [6.45, 7) is 3.25. The Hall–Kier alpha value is -2.02. The van der Waals surface area contributed by atoms with Gasteiger partial charge in [-0.3, -0.25) is 20.2 Å². The van der Waals surface area contributed by atoms with Crippen molar-refractivity contribution < 1.29 is 9.72 Å². The number of hydrogen-bond donors (Lipinski definition) is 1. The Morgan fingerprint density at radius 1 is 1.33 bits per heavy atom. The van der Waals surface area contributed by atoms with Crippen LogP contribution in [0.5, 0.6) is 0 Å². The number of piperidine rings is 1. The van der Waals surface area contributed by atoms with Crippen LogP contribution < -0.4 is 5.32 Å². The molecule has 2 rings (SSSR count). The molecular formula is C14H17N3O3S. The third-order valence-corrected chi connectivity index (χ3v) is 3.97. The molecule has 0 radical (unpaired) electrons. The Morgan fingerprint density at radius 3 is 2.62 bits per heavy atom. The zero-order chi connectivity index (χ0) is 15.4. The normalized spacial score (nSPS) is 14.6. The third kappa shape index (κ3) is 3.55. The lowest BCUT2D eigenvalue weighted by atomic mass is 10.1. The molecule has 1 aliphatic heterocycles. The van der Waals surface area contributed by atoms with Gasteiger partial charge >= 0.3 is 0 Å². The first-order valence-corrected chi connectivity index (χ1v) is 7.26. The second kappa shape index (κ2) is 6.62. The number of hydrogen-bond acceptors (Lipinski definition) is 4. The molecular weight excluding hydrogens is 290 g/mol. The highest BCUT2D eigenvalue weighted by Gasteiger charge is 2.20. The van der Waals surface area contributed by atoms with Crippen molar-refractivity contribution in [2.24, 2.45) is 0 Å². The molecule has 1 heterocycles. The summed E-state index contributed by atoms with van der Waals surface area (Å²) in [6, 6.07) is 4.45. The number of nitro groups is 1. The van der Waals surface area contributed by atoms with Gasteiger partial charge in [0.2, 0.25) is 0 Å². The summed E-state index contributed by atoms with van der Waals surface area (Å²) in [5.74, 6) is -0.397. The van der Waals surface area contributed by atoms with Crippen molar-refractivity contribution >= 4 is 28.9 Å². The minimum absolute atomic E-state index is 0.0634. The van der Waals surface area contributed by atoms with Gasteiger partial charge in [0.25, 0.3) is 11.6 Å². The van der Waals surface area contributed by atoms with Gasteiger partial charge in [-0.25, -0.2) is 0 Å². The molecule has 7 heteroatoms.